The van der Waals surface area contributed by atoms with Crippen LogP contribution in [-0.4, -0.2) is 60.7 Å². The first-order valence-electron chi connectivity index (χ1n) is 9.84. The molecule has 1 heterocycles. The fourth-order valence-corrected chi connectivity index (χ4v) is 3.28. The molecule has 1 atom stereocenters. The lowest BCUT2D eigenvalue weighted by Gasteiger charge is -2.19. The number of aryl methyl sites for hydroxylation is 1. The monoisotopic (exact) mass is 415 g/mol. The van der Waals surface area contributed by atoms with E-state index in [4.69, 9.17) is 0 Å². The molecule has 1 aliphatic rings. The summed E-state index contributed by atoms with van der Waals surface area (Å²) < 4.78 is 37.5. The van der Waals surface area contributed by atoms with Gasteiger partial charge < -0.3 is 10.6 Å². The van der Waals surface area contributed by atoms with E-state index < -0.39 is 17.6 Å². The van der Waals surface area contributed by atoms with Crippen LogP contribution in [0.15, 0.2) is 29.3 Å². The molecule has 162 valence electrons. The number of nitrogens with one attached hydrogen (secondary N) is 2. The van der Waals surface area contributed by atoms with Crippen LogP contribution in [0.3, 0.4) is 0 Å². The molecule has 1 aromatic rings. The highest BCUT2D eigenvalue weighted by Crippen LogP contribution is 2.20. The number of hydrogen-bond acceptors (Lipinski definition) is 4. The van der Waals surface area contributed by atoms with Crippen molar-refractivity contribution >= 4 is 11.6 Å². The first-order valence-corrected chi connectivity index (χ1v) is 9.84. The van der Waals surface area contributed by atoms with Crippen molar-refractivity contribution in [1.82, 2.24) is 15.5 Å². The van der Waals surface area contributed by atoms with Gasteiger partial charge >= 0.3 is 6.18 Å². The van der Waals surface area contributed by atoms with Crippen LogP contribution in [0.5, 0.6) is 0 Å². The van der Waals surface area contributed by atoms with Crippen molar-refractivity contribution in [3.63, 3.8) is 0 Å². The Morgan fingerprint density at radius 1 is 1.31 bits per heavy atom. The molecule has 0 bridgehead atoms. The third-order valence-electron chi connectivity index (χ3n) is 4.65. The Kier molecular flexibility index (Phi) is 8.69. The Morgan fingerprint density at radius 3 is 2.66 bits per heavy atom. The van der Waals surface area contributed by atoms with Gasteiger partial charge in [0.05, 0.1) is 11.5 Å². The van der Waals surface area contributed by atoms with Crippen molar-refractivity contribution < 1.29 is 18.1 Å². The predicted molar refractivity (Wildman–Crippen MR) is 106 cm³/mol. The molecule has 0 spiro atoms. The van der Waals surface area contributed by atoms with E-state index in [9.17, 15) is 23.3 Å². The van der Waals surface area contributed by atoms with Crippen LogP contribution in [0, 0.1) is 10.1 Å². The molecule has 10 heteroatoms. The summed E-state index contributed by atoms with van der Waals surface area (Å²) in [6.07, 6.45) is -0.966. The Hall–Kier alpha value is -2.36. The van der Waals surface area contributed by atoms with Gasteiger partial charge in [0.2, 0.25) is 0 Å². The number of guanidine groups is 1. The highest BCUT2D eigenvalue weighted by atomic mass is 19.4. The van der Waals surface area contributed by atoms with Gasteiger partial charge in [0.25, 0.3) is 5.69 Å². The van der Waals surface area contributed by atoms with Gasteiger partial charge in [-0.3, -0.25) is 20.0 Å². The molecule has 1 aliphatic heterocycles. The third-order valence-corrected chi connectivity index (χ3v) is 4.65. The minimum atomic E-state index is -4.17. The zero-order valence-electron chi connectivity index (χ0n) is 16.5. The van der Waals surface area contributed by atoms with Crippen molar-refractivity contribution in [2.45, 2.75) is 44.8 Å². The minimum Gasteiger partial charge on any atom is -0.357 e. The molecule has 29 heavy (non-hydrogen) atoms. The SMILES string of the molecule is CCNC(=NCCCCc1ccc([N+](=O)[O-])cc1)NC1CCN(CC(F)(F)F)C1. The van der Waals surface area contributed by atoms with Crippen LogP contribution in [0.25, 0.3) is 0 Å². The summed E-state index contributed by atoms with van der Waals surface area (Å²) in [6, 6.07) is 6.49. The fraction of sp³-hybridized carbons (Fsp3) is 0.632. The Balaban J connectivity index is 1.72. The van der Waals surface area contributed by atoms with Crippen LogP contribution in [0.4, 0.5) is 18.9 Å². The van der Waals surface area contributed by atoms with Crippen LogP contribution < -0.4 is 10.6 Å². The quantitative estimate of drug-likeness (QED) is 0.213. The van der Waals surface area contributed by atoms with Gasteiger partial charge in [0.15, 0.2) is 5.96 Å². The second-order valence-electron chi connectivity index (χ2n) is 7.12. The molecule has 2 rings (SSSR count). The predicted octanol–water partition coefficient (Wildman–Crippen LogP) is 3.11. The van der Waals surface area contributed by atoms with Crippen molar-refractivity contribution in [3.05, 3.63) is 39.9 Å². The summed E-state index contributed by atoms with van der Waals surface area (Å²) in [5.74, 6) is 0.627. The number of non-ortho nitro benzene ring substituents is 1. The molecule has 0 aliphatic carbocycles. The zero-order chi connectivity index (χ0) is 21.3. The zero-order valence-corrected chi connectivity index (χ0v) is 16.5. The summed E-state index contributed by atoms with van der Waals surface area (Å²) in [6.45, 7) is 3.11. The van der Waals surface area contributed by atoms with Crippen molar-refractivity contribution in [2.75, 3.05) is 32.7 Å². The van der Waals surface area contributed by atoms with Gasteiger partial charge in [-0.25, -0.2) is 0 Å². The Bertz CT molecular complexity index is 679. The number of rotatable bonds is 9. The second-order valence-corrected chi connectivity index (χ2v) is 7.12. The number of unbranched alkanes of at least 4 members (excludes halogenated alkanes) is 1. The number of aliphatic imine (C=N–C) groups is 1. The molecule has 0 radical (unpaired) electrons. The lowest BCUT2D eigenvalue weighted by atomic mass is 10.1. The van der Waals surface area contributed by atoms with Gasteiger partial charge in [-0.1, -0.05) is 12.1 Å². The maximum Gasteiger partial charge on any atom is 0.401 e. The average Bonchev–Trinajstić information content (AvgIpc) is 3.06. The van der Waals surface area contributed by atoms with Crippen LogP contribution in [0.1, 0.15) is 31.7 Å². The summed E-state index contributed by atoms with van der Waals surface area (Å²) in [7, 11) is 0. The van der Waals surface area contributed by atoms with E-state index in [0.29, 0.717) is 38.6 Å². The molecule has 0 aromatic heterocycles. The molecule has 1 aromatic carbocycles. The Morgan fingerprint density at radius 2 is 2.03 bits per heavy atom. The Labute approximate surface area is 168 Å². The van der Waals surface area contributed by atoms with Crippen LogP contribution in [0.2, 0.25) is 0 Å². The smallest absolute Gasteiger partial charge is 0.357 e. The lowest BCUT2D eigenvalue weighted by molar-refractivity contribution is -0.384. The number of alkyl halides is 3. The maximum absolute atomic E-state index is 12.5. The molecule has 2 N–H and O–H groups in total. The molecule has 1 fully saturated rings. The van der Waals surface area contributed by atoms with Crippen LogP contribution in [-0.2, 0) is 6.42 Å². The normalized spacial score (nSPS) is 18.1. The highest BCUT2D eigenvalue weighted by Gasteiger charge is 2.34. The summed E-state index contributed by atoms with van der Waals surface area (Å²) in [5.41, 5.74) is 1.13. The maximum atomic E-state index is 12.5. The summed E-state index contributed by atoms with van der Waals surface area (Å²) >= 11 is 0. The lowest BCUT2D eigenvalue weighted by Crippen LogP contribution is -2.45. The minimum absolute atomic E-state index is 0.0461. The number of nitrogens with zero attached hydrogens (tertiary/aromatic N) is 3. The van der Waals surface area contributed by atoms with Gasteiger partial charge in [-0.15, -0.1) is 0 Å². The van der Waals surface area contributed by atoms with E-state index in [1.165, 1.54) is 17.0 Å². The standard InChI is InChI=1S/C19H28F3N5O2/c1-2-23-18(25-16-10-12-26(13-16)14-19(20,21)22)24-11-4-3-5-15-6-8-17(9-7-15)27(28)29/h6-9,16H,2-5,10-14H2,1H3,(H2,23,24,25). The largest absolute Gasteiger partial charge is 0.401 e. The first-order chi connectivity index (χ1) is 13.8. The highest BCUT2D eigenvalue weighted by molar-refractivity contribution is 5.80. The van der Waals surface area contributed by atoms with Gasteiger partial charge in [0, 0.05) is 44.4 Å². The molecule has 7 nitrogen and oxygen atoms in total. The molecule has 1 unspecified atom stereocenters. The van der Waals surface area contributed by atoms with Crippen molar-refractivity contribution in [2.24, 2.45) is 4.99 Å². The topological polar surface area (TPSA) is 82.8 Å². The summed E-state index contributed by atoms with van der Waals surface area (Å²) in [4.78, 5) is 16.2. The summed E-state index contributed by atoms with van der Waals surface area (Å²) in [5, 5.41) is 17.0. The second kappa shape index (κ2) is 11.0. The molecular weight excluding hydrogens is 387 g/mol. The molecule has 0 amide bonds. The van der Waals surface area contributed by atoms with Crippen LogP contribution >= 0.6 is 0 Å². The number of likely N-dealkylation sites (tertiary alicyclic amines) is 1. The van der Waals surface area contributed by atoms with E-state index in [0.717, 1.165) is 24.8 Å². The molecule has 0 saturated carbocycles. The number of benzene rings is 1. The first kappa shape index (κ1) is 22.9. The number of halogens is 3. The van der Waals surface area contributed by atoms with E-state index >= 15 is 0 Å². The van der Waals surface area contributed by atoms with E-state index in [2.05, 4.69) is 15.6 Å². The van der Waals surface area contributed by atoms with E-state index in [1.54, 1.807) is 12.1 Å². The molecule has 1 saturated heterocycles. The molecular formula is C19H28F3N5O2. The van der Waals surface area contributed by atoms with Gasteiger partial charge in [-0.2, -0.15) is 13.2 Å². The van der Waals surface area contributed by atoms with Crippen molar-refractivity contribution in [3.8, 4) is 0 Å². The van der Waals surface area contributed by atoms with Crippen molar-refractivity contribution in [1.29, 1.82) is 0 Å². The van der Waals surface area contributed by atoms with Gasteiger partial charge in [-0.05, 0) is 38.2 Å². The average molecular weight is 415 g/mol. The number of hydrogen-bond donors (Lipinski definition) is 2. The fourth-order valence-electron chi connectivity index (χ4n) is 3.28. The van der Waals surface area contributed by atoms with E-state index in [1.807, 2.05) is 6.92 Å². The number of nitro groups is 1. The third kappa shape index (κ3) is 8.68. The number of nitro benzene ring substituents is 1. The van der Waals surface area contributed by atoms with Gasteiger partial charge in [0.1, 0.15) is 0 Å². The van der Waals surface area contributed by atoms with E-state index in [-0.39, 0.29) is 11.7 Å².